The summed E-state index contributed by atoms with van der Waals surface area (Å²) in [6.45, 7) is 1.82. The third-order valence-corrected chi connectivity index (χ3v) is 2.59. The molecule has 4 heteroatoms. The molecule has 1 aliphatic rings. The smallest absolute Gasteiger partial charge is 0.163 e. The molecule has 1 aromatic rings. The fourth-order valence-electron chi connectivity index (χ4n) is 1.17. The van der Waals surface area contributed by atoms with Crippen molar-refractivity contribution in [3.63, 3.8) is 0 Å². The normalized spacial score (nSPS) is 26.1. The number of aromatic nitrogens is 1. The van der Waals surface area contributed by atoms with Crippen molar-refractivity contribution >= 4 is 11.3 Å². The first-order chi connectivity index (χ1) is 5.38. The fourth-order valence-corrected chi connectivity index (χ4v) is 1.92. The predicted molar refractivity (Wildman–Crippen MR) is 43.4 cm³/mol. The largest absolute Gasteiger partial charge is 0.355 e. The van der Waals surface area contributed by atoms with Crippen molar-refractivity contribution in [2.24, 2.45) is 0 Å². The van der Waals surface area contributed by atoms with E-state index in [0.717, 1.165) is 18.2 Å². The molecule has 0 radical (unpaired) electrons. The molecule has 60 valence electrons. The lowest BCUT2D eigenvalue weighted by Crippen LogP contribution is -2.17. The number of hydrogen-bond acceptors (Lipinski definition) is 4. The van der Waals surface area contributed by atoms with Crippen LogP contribution < -0.4 is 0 Å². The Kier molecular flexibility index (Phi) is 1.89. The first-order valence-corrected chi connectivity index (χ1v) is 4.47. The van der Waals surface area contributed by atoms with Crippen LogP contribution >= 0.6 is 11.3 Å². The van der Waals surface area contributed by atoms with Crippen LogP contribution in [0.1, 0.15) is 11.2 Å². The van der Waals surface area contributed by atoms with E-state index in [1.54, 1.807) is 11.3 Å². The minimum atomic E-state index is 0.106. The molecular weight excluding hydrogens is 160 g/mol. The summed E-state index contributed by atoms with van der Waals surface area (Å²) in [7, 11) is 2.05. The van der Waals surface area contributed by atoms with Crippen LogP contribution in [0.5, 0.6) is 0 Å². The van der Waals surface area contributed by atoms with Gasteiger partial charge in [0.05, 0.1) is 6.61 Å². The molecule has 1 aliphatic heterocycles. The van der Waals surface area contributed by atoms with E-state index in [1.165, 1.54) is 0 Å². The van der Waals surface area contributed by atoms with E-state index >= 15 is 0 Å². The molecular formula is C7H10N2OS. The van der Waals surface area contributed by atoms with E-state index in [2.05, 4.69) is 16.9 Å². The minimum Gasteiger partial charge on any atom is -0.355 e. The molecule has 2 heterocycles. The molecule has 0 aromatic carbocycles. The maximum absolute atomic E-state index is 5.48. The van der Waals surface area contributed by atoms with Gasteiger partial charge < -0.3 is 4.74 Å². The average Bonchev–Trinajstić information content (AvgIpc) is 2.55. The Labute approximate surface area is 69.6 Å². The molecule has 3 nitrogen and oxygen atoms in total. The van der Waals surface area contributed by atoms with Gasteiger partial charge >= 0.3 is 0 Å². The monoisotopic (exact) mass is 170 g/mol. The molecule has 0 amide bonds. The molecule has 2 rings (SSSR count). The average molecular weight is 170 g/mol. The highest BCUT2D eigenvalue weighted by Crippen LogP contribution is 2.25. The highest BCUT2D eigenvalue weighted by molar-refractivity contribution is 7.09. The van der Waals surface area contributed by atoms with Crippen molar-refractivity contribution in [2.75, 3.05) is 20.2 Å². The highest BCUT2D eigenvalue weighted by atomic mass is 32.1. The van der Waals surface area contributed by atoms with Crippen LogP contribution in [-0.2, 0) is 4.74 Å². The van der Waals surface area contributed by atoms with Gasteiger partial charge in [-0.2, -0.15) is 0 Å². The molecule has 0 saturated carbocycles. The highest BCUT2D eigenvalue weighted by Gasteiger charge is 2.24. The standard InChI is InChI=1S/C7H10N2OS/c1-9-3-4-10-7(9)6-8-2-5-11-6/h2,5,7H,3-4H2,1H3. The van der Waals surface area contributed by atoms with Crippen LogP contribution in [0.15, 0.2) is 11.6 Å². The van der Waals surface area contributed by atoms with Crippen LogP contribution in [0.3, 0.4) is 0 Å². The van der Waals surface area contributed by atoms with Crippen molar-refractivity contribution in [3.8, 4) is 0 Å². The second kappa shape index (κ2) is 2.89. The molecule has 0 bridgehead atoms. The summed E-state index contributed by atoms with van der Waals surface area (Å²) in [6.07, 6.45) is 1.92. The number of hydrogen-bond donors (Lipinski definition) is 0. The van der Waals surface area contributed by atoms with Gasteiger partial charge in [-0.25, -0.2) is 4.98 Å². The Hall–Kier alpha value is -0.450. The van der Waals surface area contributed by atoms with Gasteiger partial charge in [-0.05, 0) is 7.05 Å². The van der Waals surface area contributed by atoms with E-state index in [9.17, 15) is 0 Å². The van der Waals surface area contributed by atoms with E-state index in [-0.39, 0.29) is 6.23 Å². The first kappa shape index (κ1) is 7.21. The molecule has 0 aliphatic carbocycles. The van der Waals surface area contributed by atoms with Crippen molar-refractivity contribution < 1.29 is 4.74 Å². The van der Waals surface area contributed by atoms with Gasteiger partial charge in [0.25, 0.3) is 0 Å². The van der Waals surface area contributed by atoms with E-state index < -0.39 is 0 Å². The summed E-state index contributed by atoms with van der Waals surface area (Å²) in [5.74, 6) is 0. The summed E-state index contributed by atoms with van der Waals surface area (Å²) < 4.78 is 5.48. The Morgan fingerprint density at radius 2 is 2.73 bits per heavy atom. The Morgan fingerprint density at radius 1 is 1.82 bits per heavy atom. The van der Waals surface area contributed by atoms with Crippen LogP contribution in [0, 0.1) is 0 Å². The Bertz CT molecular complexity index is 224. The maximum Gasteiger partial charge on any atom is 0.163 e. The number of rotatable bonds is 1. The Balaban J connectivity index is 2.16. The zero-order chi connectivity index (χ0) is 7.68. The van der Waals surface area contributed by atoms with Gasteiger partial charge in [0.1, 0.15) is 5.01 Å². The van der Waals surface area contributed by atoms with Crippen molar-refractivity contribution in [3.05, 3.63) is 16.6 Å². The van der Waals surface area contributed by atoms with E-state index in [1.807, 2.05) is 11.6 Å². The van der Waals surface area contributed by atoms with Gasteiger partial charge in [-0.1, -0.05) is 0 Å². The lowest BCUT2D eigenvalue weighted by Gasteiger charge is -2.14. The van der Waals surface area contributed by atoms with E-state index in [4.69, 9.17) is 4.74 Å². The van der Waals surface area contributed by atoms with Gasteiger partial charge in [0.2, 0.25) is 0 Å². The topological polar surface area (TPSA) is 25.4 Å². The van der Waals surface area contributed by atoms with Crippen molar-refractivity contribution in [1.82, 2.24) is 9.88 Å². The lowest BCUT2D eigenvalue weighted by molar-refractivity contribution is 0.0452. The maximum atomic E-state index is 5.48. The van der Waals surface area contributed by atoms with Crippen molar-refractivity contribution in [1.29, 1.82) is 0 Å². The quantitative estimate of drug-likeness (QED) is 0.631. The van der Waals surface area contributed by atoms with Gasteiger partial charge in [-0.3, -0.25) is 4.90 Å². The zero-order valence-corrected chi connectivity index (χ0v) is 7.17. The van der Waals surface area contributed by atoms with Gasteiger partial charge in [0.15, 0.2) is 6.23 Å². The van der Waals surface area contributed by atoms with Crippen LogP contribution in [-0.4, -0.2) is 30.1 Å². The van der Waals surface area contributed by atoms with Gasteiger partial charge in [0, 0.05) is 18.1 Å². The molecule has 0 spiro atoms. The molecule has 0 N–H and O–H groups in total. The third kappa shape index (κ3) is 1.29. The van der Waals surface area contributed by atoms with Crippen molar-refractivity contribution in [2.45, 2.75) is 6.23 Å². The van der Waals surface area contributed by atoms with Crippen LogP contribution in [0.25, 0.3) is 0 Å². The number of nitrogens with zero attached hydrogens (tertiary/aromatic N) is 2. The lowest BCUT2D eigenvalue weighted by atomic mass is 10.5. The number of likely N-dealkylation sites (N-methyl/N-ethyl adjacent to an activating group) is 1. The molecule has 1 fully saturated rings. The number of thiazole rings is 1. The third-order valence-electron chi connectivity index (χ3n) is 1.78. The summed E-state index contributed by atoms with van der Waals surface area (Å²) in [5, 5.41) is 3.04. The second-order valence-corrected chi connectivity index (χ2v) is 3.50. The van der Waals surface area contributed by atoms with Crippen LogP contribution in [0.2, 0.25) is 0 Å². The summed E-state index contributed by atoms with van der Waals surface area (Å²) in [4.78, 5) is 6.37. The van der Waals surface area contributed by atoms with Crippen LogP contribution in [0.4, 0.5) is 0 Å². The minimum absolute atomic E-state index is 0.106. The zero-order valence-electron chi connectivity index (χ0n) is 6.36. The summed E-state index contributed by atoms with van der Waals surface area (Å²) in [6, 6.07) is 0. The molecule has 1 saturated heterocycles. The molecule has 11 heavy (non-hydrogen) atoms. The fraction of sp³-hybridized carbons (Fsp3) is 0.571. The SMILES string of the molecule is CN1CCOC1c1nccs1. The van der Waals surface area contributed by atoms with E-state index in [0.29, 0.717) is 0 Å². The molecule has 1 unspecified atom stereocenters. The summed E-state index contributed by atoms with van der Waals surface area (Å²) in [5.41, 5.74) is 0. The number of ether oxygens (including phenoxy) is 1. The molecule has 1 atom stereocenters. The molecule has 1 aromatic heterocycles. The Morgan fingerprint density at radius 3 is 3.27 bits per heavy atom. The second-order valence-electron chi connectivity index (χ2n) is 2.57. The summed E-state index contributed by atoms with van der Waals surface area (Å²) >= 11 is 1.65. The predicted octanol–water partition coefficient (Wildman–Crippen LogP) is 1.10. The first-order valence-electron chi connectivity index (χ1n) is 3.59. The van der Waals surface area contributed by atoms with Gasteiger partial charge in [-0.15, -0.1) is 11.3 Å².